The van der Waals surface area contributed by atoms with Crippen LogP contribution in [-0.2, 0) is 6.61 Å². The Hall–Kier alpha value is -1.26. The topological polar surface area (TPSA) is 34.1 Å². The van der Waals surface area contributed by atoms with Gasteiger partial charge in [-0.25, -0.2) is 4.98 Å². The molecule has 20 heavy (non-hydrogen) atoms. The molecule has 0 unspecified atom stereocenters. The number of pyridine rings is 1. The zero-order valence-corrected chi connectivity index (χ0v) is 13.5. The van der Waals surface area contributed by atoms with Crippen LogP contribution in [0.2, 0.25) is 5.02 Å². The molecular weight excluding hydrogens is 340 g/mol. The summed E-state index contributed by atoms with van der Waals surface area (Å²) in [6.07, 6.45) is 2.84. The molecule has 0 saturated heterocycles. The van der Waals surface area contributed by atoms with Crippen LogP contribution < -0.4 is 10.1 Å². The predicted molar refractivity (Wildman–Crippen MR) is 86.5 cm³/mol. The van der Waals surface area contributed by atoms with Gasteiger partial charge in [-0.15, -0.1) is 0 Å². The van der Waals surface area contributed by atoms with Crippen LogP contribution in [0.4, 0.5) is 5.82 Å². The van der Waals surface area contributed by atoms with Crippen LogP contribution in [0.15, 0.2) is 41.0 Å². The van der Waals surface area contributed by atoms with E-state index in [4.69, 9.17) is 16.3 Å². The number of hydrogen-bond acceptors (Lipinski definition) is 3. The Kier molecular flexibility index (Phi) is 5.68. The minimum atomic E-state index is 0.463. The molecule has 2 aromatic rings. The van der Waals surface area contributed by atoms with Crippen molar-refractivity contribution in [2.75, 3.05) is 11.9 Å². The summed E-state index contributed by atoms with van der Waals surface area (Å²) >= 11 is 9.49. The number of aromatic nitrogens is 1. The van der Waals surface area contributed by atoms with Crippen LogP contribution in [0.3, 0.4) is 0 Å². The van der Waals surface area contributed by atoms with E-state index in [2.05, 4.69) is 33.2 Å². The van der Waals surface area contributed by atoms with Gasteiger partial charge in [-0.3, -0.25) is 0 Å². The monoisotopic (exact) mass is 354 g/mol. The maximum Gasteiger partial charge on any atom is 0.138 e. The van der Waals surface area contributed by atoms with Gasteiger partial charge in [-0.1, -0.05) is 34.5 Å². The molecule has 0 aliphatic carbocycles. The predicted octanol–water partition coefficient (Wildman–Crippen LogP) is 4.90. The summed E-state index contributed by atoms with van der Waals surface area (Å²) in [5.74, 6) is 1.55. The van der Waals surface area contributed by atoms with Gasteiger partial charge in [0, 0.05) is 17.2 Å². The van der Waals surface area contributed by atoms with Gasteiger partial charge >= 0.3 is 0 Å². The van der Waals surface area contributed by atoms with E-state index in [0.717, 1.165) is 28.8 Å². The molecule has 0 saturated carbocycles. The maximum atomic E-state index is 6.12. The average molecular weight is 356 g/mol. The maximum absolute atomic E-state index is 6.12. The normalized spacial score (nSPS) is 10.3. The van der Waals surface area contributed by atoms with E-state index in [1.165, 1.54) is 0 Å². The van der Waals surface area contributed by atoms with Crippen LogP contribution in [0.1, 0.15) is 18.9 Å². The summed E-state index contributed by atoms with van der Waals surface area (Å²) in [5, 5.41) is 3.85. The zero-order chi connectivity index (χ0) is 14.4. The molecule has 0 aliphatic rings. The zero-order valence-electron chi connectivity index (χ0n) is 11.2. The van der Waals surface area contributed by atoms with Crippen molar-refractivity contribution in [2.45, 2.75) is 20.0 Å². The number of rotatable bonds is 6. The van der Waals surface area contributed by atoms with Crippen molar-refractivity contribution >= 4 is 33.3 Å². The van der Waals surface area contributed by atoms with Crippen molar-refractivity contribution in [3.05, 3.63) is 51.6 Å². The van der Waals surface area contributed by atoms with Gasteiger partial charge in [0.05, 0.1) is 5.02 Å². The third-order valence-electron chi connectivity index (χ3n) is 2.67. The lowest BCUT2D eigenvalue weighted by Gasteiger charge is -2.10. The Labute approximate surface area is 132 Å². The third-order valence-corrected chi connectivity index (χ3v) is 3.46. The molecule has 0 atom stereocenters. The molecule has 0 spiro atoms. The van der Waals surface area contributed by atoms with Crippen molar-refractivity contribution in [3.8, 4) is 5.75 Å². The number of ether oxygens (including phenoxy) is 1. The average Bonchev–Trinajstić information content (AvgIpc) is 2.45. The minimum Gasteiger partial charge on any atom is -0.487 e. The number of nitrogens with zero attached hydrogens (tertiary/aromatic N) is 1. The molecule has 5 heteroatoms. The fourth-order valence-electron chi connectivity index (χ4n) is 1.67. The Morgan fingerprint density at radius 2 is 2.15 bits per heavy atom. The molecule has 0 bridgehead atoms. The number of hydrogen-bond donors (Lipinski definition) is 1. The van der Waals surface area contributed by atoms with E-state index in [9.17, 15) is 0 Å². The number of halogens is 2. The fraction of sp³-hybridized carbons (Fsp3) is 0.267. The molecule has 106 valence electrons. The number of nitrogens with one attached hydrogen (secondary N) is 1. The smallest absolute Gasteiger partial charge is 0.138 e. The second-order valence-corrected chi connectivity index (χ2v) is 5.66. The molecule has 3 nitrogen and oxygen atoms in total. The van der Waals surface area contributed by atoms with Gasteiger partial charge in [-0.05, 0) is 42.3 Å². The van der Waals surface area contributed by atoms with Gasteiger partial charge in [0.1, 0.15) is 18.2 Å². The van der Waals surface area contributed by atoms with E-state index < -0.39 is 0 Å². The highest BCUT2D eigenvalue weighted by Crippen LogP contribution is 2.28. The van der Waals surface area contributed by atoms with Gasteiger partial charge in [-0.2, -0.15) is 0 Å². The van der Waals surface area contributed by atoms with Crippen molar-refractivity contribution in [3.63, 3.8) is 0 Å². The molecule has 0 amide bonds. The highest BCUT2D eigenvalue weighted by molar-refractivity contribution is 9.10. The Morgan fingerprint density at radius 3 is 2.90 bits per heavy atom. The van der Waals surface area contributed by atoms with Crippen molar-refractivity contribution in [1.29, 1.82) is 0 Å². The van der Waals surface area contributed by atoms with Crippen LogP contribution in [0, 0.1) is 0 Å². The molecule has 1 heterocycles. The molecular formula is C15H16BrClN2O. The van der Waals surface area contributed by atoms with E-state index in [-0.39, 0.29) is 0 Å². The molecule has 0 radical (unpaired) electrons. The van der Waals surface area contributed by atoms with Crippen molar-refractivity contribution in [2.24, 2.45) is 0 Å². The summed E-state index contributed by atoms with van der Waals surface area (Å²) in [6.45, 7) is 3.50. The first kappa shape index (κ1) is 15.1. The second-order valence-electron chi connectivity index (χ2n) is 4.34. The van der Waals surface area contributed by atoms with E-state index in [1.807, 2.05) is 30.3 Å². The summed E-state index contributed by atoms with van der Waals surface area (Å²) in [4.78, 5) is 4.26. The molecule has 2 rings (SSSR count). The summed E-state index contributed by atoms with van der Waals surface area (Å²) in [6, 6.07) is 9.50. The molecule has 1 aromatic heterocycles. The molecule has 0 aliphatic heterocycles. The van der Waals surface area contributed by atoms with Crippen molar-refractivity contribution in [1.82, 2.24) is 4.98 Å². The van der Waals surface area contributed by atoms with Crippen LogP contribution in [0.5, 0.6) is 5.75 Å². The summed E-state index contributed by atoms with van der Waals surface area (Å²) < 4.78 is 6.66. The Morgan fingerprint density at radius 1 is 1.30 bits per heavy atom. The Balaban J connectivity index is 1.99. The number of anilines is 1. The van der Waals surface area contributed by atoms with Crippen LogP contribution in [-0.4, -0.2) is 11.5 Å². The summed E-state index contributed by atoms with van der Waals surface area (Å²) in [5.41, 5.74) is 1.05. The highest BCUT2D eigenvalue weighted by atomic mass is 79.9. The van der Waals surface area contributed by atoms with E-state index in [0.29, 0.717) is 17.4 Å². The minimum absolute atomic E-state index is 0.463. The first-order valence-electron chi connectivity index (χ1n) is 6.45. The summed E-state index contributed by atoms with van der Waals surface area (Å²) in [7, 11) is 0. The van der Waals surface area contributed by atoms with Crippen molar-refractivity contribution < 1.29 is 4.74 Å². The quantitative estimate of drug-likeness (QED) is 0.800. The number of benzene rings is 1. The van der Waals surface area contributed by atoms with Gasteiger partial charge in [0.2, 0.25) is 0 Å². The molecule has 1 aromatic carbocycles. The SMILES string of the molecule is CCCNc1cc(COc2ccc(Br)cc2Cl)ccn1. The largest absolute Gasteiger partial charge is 0.487 e. The van der Waals surface area contributed by atoms with Gasteiger partial charge in [0.15, 0.2) is 0 Å². The lowest BCUT2D eigenvalue weighted by atomic mass is 10.2. The first-order chi connectivity index (χ1) is 9.69. The van der Waals surface area contributed by atoms with E-state index >= 15 is 0 Å². The third kappa shape index (κ3) is 4.39. The van der Waals surface area contributed by atoms with Crippen LogP contribution in [0.25, 0.3) is 0 Å². The lowest BCUT2D eigenvalue weighted by Crippen LogP contribution is -2.03. The molecule has 1 N–H and O–H groups in total. The fourth-order valence-corrected chi connectivity index (χ4v) is 2.40. The van der Waals surface area contributed by atoms with Crippen LogP contribution >= 0.6 is 27.5 Å². The molecule has 0 fully saturated rings. The first-order valence-corrected chi connectivity index (χ1v) is 7.63. The Bertz CT molecular complexity index is 578. The highest BCUT2D eigenvalue weighted by Gasteiger charge is 2.03. The lowest BCUT2D eigenvalue weighted by molar-refractivity contribution is 0.306. The van der Waals surface area contributed by atoms with E-state index in [1.54, 1.807) is 6.20 Å². The second kappa shape index (κ2) is 7.50. The van der Waals surface area contributed by atoms with Gasteiger partial charge in [0.25, 0.3) is 0 Å². The van der Waals surface area contributed by atoms with Gasteiger partial charge < -0.3 is 10.1 Å². The standard InChI is InChI=1S/C15H16BrClN2O/c1-2-6-18-15-8-11(5-7-19-15)10-20-14-4-3-12(16)9-13(14)17/h3-5,7-9H,2,6,10H2,1H3,(H,18,19).